The molecule has 0 aliphatic carbocycles. The van der Waals surface area contributed by atoms with Crippen LogP contribution in [0.5, 0.6) is 5.88 Å². The minimum absolute atomic E-state index is 0.0978. The van der Waals surface area contributed by atoms with Crippen molar-refractivity contribution in [2.24, 2.45) is 0 Å². The topological polar surface area (TPSA) is 108 Å². The number of nitrogens with zero attached hydrogens (tertiary/aromatic N) is 5. The van der Waals surface area contributed by atoms with Crippen LogP contribution in [-0.2, 0) is 27.3 Å². The molecule has 5 rings (SSSR count). The molecule has 47 heavy (non-hydrogen) atoms. The molecule has 12 heteroatoms. The van der Waals surface area contributed by atoms with E-state index < -0.39 is 5.60 Å². The Bertz CT molecular complexity index is 1410. The van der Waals surface area contributed by atoms with Gasteiger partial charge in [-0.3, -0.25) is 14.6 Å². The number of pyridine rings is 1. The molecule has 3 aliphatic heterocycles. The molecule has 4 heterocycles. The number of ether oxygens (including phenoxy) is 3. The van der Waals surface area contributed by atoms with Crippen LogP contribution in [0.2, 0.25) is 0 Å². The molecule has 1 aromatic heterocycles. The van der Waals surface area contributed by atoms with Gasteiger partial charge < -0.3 is 29.1 Å². The van der Waals surface area contributed by atoms with E-state index in [1.165, 1.54) is 12.1 Å². The minimum Gasteiger partial charge on any atom is -0.474 e. The molecule has 2 saturated heterocycles. The number of carbonyl (C=O) groups excluding carboxylic acids is 2. The highest BCUT2D eigenvalue weighted by Gasteiger charge is 2.41. The maximum Gasteiger partial charge on any atom is 0.410 e. The number of aliphatic hydroxyl groups excluding tert-OH is 1. The summed E-state index contributed by atoms with van der Waals surface area (Å²) >= 11 is 0. The zero-order valence-corrected chi connectivity index (χ0v) is 28.7. The van der Waals surface area contributed by atoms with Crippen LogP contribution in [0.1, 0.15) is 65.3 Å². The summed E-state index contributed by atoms with van der Waals surface area (Å²) in [6.45, 7) is 16.8. The Labute approximate surface area is 277 Å². The van der Waals surface area contributed by atoms with Crippen molar-refractivity contribution < 1.29 is 33.3 Å². The normalized spacial score (nSPS) is 25.7. The lowest BCUT2D eigenvalue weighted by Crippen LogP contribution is -2.65. The summed E-state index contributed by atoms with van der Waals surface area (Å²) in [7, 11) is 0. The fraction of sp³-hybridized carbons (Fsp3) is 0.629. The second-order valence-electron chi connectivity index (χ2n) is 14.3. The third kappa shape index (κ3) is 8.22. The number of hydrogen-bond acceptors (Lipinski definition) is 9. The van der Waals surface area contributed by atoms with Crippen molar-refractivity contribution in [1.29, 1.82) is 0 Å². The SMILES string of the molecule is C[C@@H]1CN(CC(=O)N2c3cc(Cc4ccc(F)cc4)c(CO)nc3OC[C@@H]2C)[C@@H](CN2[C@H](C)COC[C@H]2C)CN1C(=O)OC(C)(C)C. The number of anilines is 1. The molecule has 0 radical (unpaired) electrons. The summed E-state index contributed by atoms with van der Waals surface area (Å²) in [6.07, 6.45) is 0.0638. The van der Waals surface area contributed by atoms with Crippen LogP contribution < -0.4 is 9.64 Å². The van der Waals surface area contributed by atoms with Gasteiger partial charge >= 0.3 is 6.09 Å². The van der Waals surface area contributed by atoms with Crippen molar-refractivity contribution in [2.75, 3.05) is 50.9 Å². The highest BCUT2D eigenvalue weighted by atomic mass is 19.1. The Morgan fingerprint density at radius 3 is 2.32 bits per heavy atom. The average molecular weight is 656 g/mol. The lowest BCUT2D eigenvalue weighted by molar-refractivity contribution is -0.123. The lowest BCUT2D eigenvalue weighted by atomic mass is 10.0. The molecule has 258 valence electrons. The molecule has 5 atom stereocenters. The maximum absolute atomic E-state index is 14.3. The van der Waals surface area contributed by atoms with Gasteiger partial charge in [-0.15, -0.1) is 0 Å². The Kier molecular flexibility index (Phi) is 10.7. The first-order valence-corrected chi connectivity index (χ1v) is 16.6. The Balaban J connectivity index is 1.41. The second kappa shape index (κ2) is 14.4. The monoisotopic (exact) mass is 655 g/mol. The number of aliphatic hydroxyl groups is 1. The molecule has 1 aromatic carbocycles. The van der Waals surface area contributed by atoms with E-state index in [4.69, 9.17) is 14.2 Å². The summed E-state index contributed by atoms with van der Waals surface area (Å²) in [5, 5.41) is 10.1. The van der Waals surface area contributed by atoms with Gasteiger partial charge in [0.05, 0.1) is 38.1 Å². The van der Waals surface area contributed by atoms with Crippen molar-refractivity contribution in [3.05, 3.63) is 53.0 Å². The standard InChI is InChI=1S/C35H50FN5O6/c1-22-14-38(29(15-39-23(2)19-45-20-24(39)3)16-40(22)34(44)47-35(5,6)7)17-32(43)41-25(4)21-46-33-31(41)13-27(30(18-42)37-33)12-26-8-10-28(36)11-9-26/h8-11,13,22-25,29,42H,12,14-21H2,1-7H3/t22-,23-,24-,25+,29+/m1/s1. The predicted molar refractivity (Wildman–Crippen MR) is 176 cm³/mol. The number of fused-ring (bicyclic) bond motifs is 1. The number of aromatic nitrogens is 1. The second-order valence-corrected chi connectivity index (χ2v) is 14.3. The van der Waals surface area contributed by atoms with Crippen LogP contribution in [-0.4, -0.2) is 119 Å². The zero-order chi connectivity index (χ0) is 34.0. The van der Waals surface area contributed by atoms with Crippen molar-refractivity contribution in [3.63, 3.8) is 0 Å². The van der Waals surface area contributed by atoms with Crippen LogP contribution in [0.25, 0.3) is 0 Å². The van der Waals surface area contributed by atoms with E-state index in [9.17, 15) is 19.1 Å². The van der Waals surface area contributed by atoms with E-state index in [1.54, 1.807) is 21.9 Å². The van der Waals surface area contributed by atoms with Gasteiger partial charge in [0.1, 0.15) is 23.7 Å². The van der Waals surface area contributed by atoms with Crippen molar-refractivity contribution >= 4 is 17.7 Å². The minimum atomic E-state index is -0.619. The summed E-state index contributed by atoms with van der Waals surface area (Å²) in [5.41, 5.74) is 1.98. The first kappa shape index (κ1) is 35.0. The summed E-state index contributed by atoms with van der Waals surface area (Å²) in [5.74, 6) is -0.117. The van der Waals surface area contributed by atoms with E-state index in [1.807, 2.05) is 40.7 Å². The van der Waals surface area contributed by atoms with E-state index in [2.05, 4.69) is 28.6 Å². The fourth-order valence-electron chi connectivity index (χ4n) is 6.78. The van der Waals surface area contributed by atoms with Crippen LogP contribution in [0.3, 0.4) is 0 Å². The van der Waals surface area contributed by atoms with Crippen molar-refractivity contribution in [3.8, 4) is 5.88 Å². The molecule has 3 aliphatic rings. The van der Waals surface area contributed by atoms with Gasteiger partial charge in [0.25, 0.3) is 0 Å². The molecule has 0 unspecified atom stereocenters. The molecule has 2 fully saturated rings. The van der Waals surface area contributed by atoms with Crippen LogP contribution in [0, 0.1) is 5.82 Å². The molecule has 1 N–H and O–H groups in total. The highest BCUT2D eigenvalue weighted by Crippen LogP contribution is 2.35. The average Bonchev–Trinajstić information content (AvgIpc) is 2.99. The van der Waals surface area contributed by atoms with E-state index >= 15 is 0 Å². The summed E-state index contributed by atoms with van der Waals surface area (Å²) in [4.78, 5) is 40.4. The number of benzene rings is 1. The highest BCUT2D eigenvalue weighted by molar-refractivity contribution is 5.97. The molecular formula is C35H50FN5O6. The van der Waals surface area contributed by atoms with Gasteiger partial charge in [0, 0.05) is 43.8 Å². The Morgan fingerprint density at radius 1 is 1.00 bits per heavy atom. The number of rotatable bonds is 7. The van der Waals surface area contributed by atoms with Gasteiger partial charge in [0.2, 0.25) is 11.8 Å². The lowest BCUT2D eigenvalue weighted by Gasteiger charge is -2.49. The van der Waals surface area contributed by atoms with Crippen LogP contribution in [0.4, 0.5) is 14.9 Å². The largest absolute Gasteiger partial charge is 0.474 e. The molecule has 0 saturated carbocycles. The molecule has 0 bridgehead atoms. The van der Waals surface area contributed by atoms with E-state index in [0.29, 0.717) is 56.5 Å². The third-order valence-electron chi connectivity index (χ3n) is 9.22. The maximum atomic E-state index is 14.3. The van der Waals surface area contributed by atoms with E-state index in [-0.39, 0.29) is 67.8 Å². The molecular weight excluding hydrogens is 605 g/mol. The third-order valence-corrected chi connectivity index (χ3v) is 9.22. The number of carbonyl (C=O) groups is 2. The van der Waals surface area contributed by atoms with Crippen LogP contribution >= 0.6 is 0 Å². The van der Waals surface area contributed by atoms with Gasteiger partial charge in [-0.05, 0) is 84.2 Å². The molecule has 11 nitrogen and oxygen atoms in total. The summed E-state index contributed by atoms with van der Waals surface area (Å²) in [6, 6.07) is 7.92. The predicted octanol–water partition coefficient (Wildman–Crippen LogP) is 3.84. The Hall–Kier alpha value is -3.32. The van der Waals surface area contributed by atoms with Crippen molar-refractivity contribution in [2.45, 2.75) is 97.3 Å². The summed E-state index contributed by atoms with van der Waals surface area (Å²) < 4.78 is 31.1. The molecule has 0 spiro atoms. The number of amides is 2. The molecule has 2 aromatic rings. The van der Waals surface area contributed by atoms with Gasteiger partial charge in [-0.25, -0.2) is 14.2 Å². The van der Waals surface area contributed by atoms with Gasteiger partial charge in [-0.2, -0.15) is 0 Å². The fourth-order valence-corrected chi connectivity index (χ4v) is 6.78. The quantitative estimate of drug-likeness (QED) is 0.476. The zero-order valence-electron chi connectivity index (χ0n) is 28.7. The van der Waals surface area contributed by atoms with Crippen molar-refractivity contribution in [1.82, 2.24) is 19.7 Å². The van der Waals surface area contributed by atoms with Crippen LogP contribution in [0.15, 0.2) is 30.3 Å². The smallest absolute Gasteiger partial charge is 0.410 e. The first-order chi connectivity index (χ1) is 22.2. The first-order valence-electron chi connectivity index (χ1n) is 16.6. The van der Waals surface area contributed by atoms with E-state index in [0.717, 1.165) is 11.1 Å². The van der Waals surface area contributed by atoms with Gasteiger partial charge in [0.15, 0.2) is 0 Å². The number of halogens is 1. The number of hydrogen-bond donors (Lipinski definition) is 1. The van der Waals surface area contributed by atoms with Gasteiger partial charge in [-0.1, -0.05) is 12.1 Å². The molecule has 2 amide bonds. The number of piperazine rings is 1. The Morgan fingerprint density at radius 2 is 1.68 bits per heavy atom. The number of morpholine rings is 1.